The number of hydrogen-bond donors (Lipinski definition) is 2. The van der Waals surface area contributed by atoms with Crippen molar-refractivity contribution in [3.63, 3.8) is 0 Å². The summed E-state index contributed by atoms with van der Waals surface area (Å²) in [7, 11) is 0. The number of ether oxygens (including phenoxy) is 1. The second kappa shape index (κ2) is 7.35. The number of hydrogen-bond acceptors (Lipinski definition) is 6. The SMILES string of the molecule is CC1(C)N=C(N)O[C@](C)(c2cc(NC(=O)c3ncc(C(F)(F)F)cn3)ccc2F)C1(F)F. The number of nitrogens with one attached hydrogen (secondary N) is 1. The Bertz CT molecular complexity index is 1080. The second-order valence-corrected chi connectivity index (χ2v) is 7.66. The van der Waals surface area contributed by atoms with Crippen molar-refractivity contribution >= 4 is 17.6 Å². The summed E-state index contributed by atoms with van der Waals surface area (Å²) in [6, 6.07) is 2.21. The fraction of sp³-hybridized carbons (Fsp3) is 0.368. The second-order valence-electron chi connectivity index (χ2n) is 7.66. The molecule has 0 bridgehead atoms. The Balaban J connectivity index is 1.94. The molecule has 172 valence electrons. The predicted molar refractivity (Wildman–Crippen MR) is 100 cm³/mol. The van der Waals surface area contributed by atoms with E-state index in [1.165, 1.54) is 0 Å². The van der Waals surface area contributed by atoms with Gasteiger partial charge in [-0.15, -0.1) is 0 Å². The number of nitrogens with two attached hydrogens (primary N) is 1. The molecule has 1 aromatic heterocycles. The van der Waals surface area contributed by atoms with Gasteiger partial charge in [-0.1, -0.05) is 0 Å². The van der Waals surface area contributed by atoms with Crippen molar-refractivity contribution in [2.24, 2.45) is 10.7 Å². The number of halogens is 6. The monoisotopic (exact) mass is 461 g/mol. The Morgan fingerprint density at radius 1 is 1.12 bits per heavy atom. The summed E-state index contributed by atoms with van der Waals surface area (Å²) in [5, 5.41) is 2.23. The van der Waals surface area contributed by atoms with Gasteiger partial charge < -0.3 is 15.8 Å². The number of nitrogens with zero attached hydrogens (tertiary/aromatic N) is 3. The van der Waals surface area contributed by atoms with E-state index in [1.807, 2.05) is 0 Å². The number of amidine groups is 1. The van der Waals surface area contributed by atoms with E-state index in [2.05, 4.69) is 20.3 Å². The zero-order chi connectivity index (χ0) is 24.1. The van der Waals surface area contributed by atoms with Crippen LogP contribution in [0.2, 0.25) is 0 Å². The van der Waals surface area contributed by atoms with Crippen LogP contribution in [0, 0.1) is 5.82 Å². The summed E-state index contributed by atoms with van der Waals surface area (Å²) >= 11 is 0. The molecule has 2 heterocycles. The number of alkyl halides is 5. The Labute approximate surface area is 177 Å². The number of aliphatic imine (C=N–C) groups is 1. The summed E-state index contributed by atoms with van der Waals surface area (Å²) in [4.78, 5) is 22.6. The molecule has 3 rings (SSSR count). The fourth-order valence-electron chi connectivity index (χ4n) is 3.20. The smallest absolute Gasteiger partial charge is 0.419 e. The van der Waals surface area contributed by atoms with Gasteiger partial charge in [-0.25, -0.2) is 19.4 Å². The molecule has 0 fully saturated rings. The summed E-state index contributed by atoms with van der Waals surface area (Å²) in [6.45, 7) is 3.14. The molecule has 0 radical (unpaired) electrons. The zero-order valence-corrected chi connectivity index (χ0v) is 16.9. The molecule has 13 heteroatoms. The van der Waals surface area contributed by atoms with E-state index in [4.69, 9.17) is 10.5 Å². The topological polar surface area (TPSA) is 102 Å². The molecule has 3 N–H and O–H groups in total. The highest BCUT2D eigenvalue weighted by molar-refractivity contribution is 6.01. The maximum Gasteiger partial charge on any atom is 0.419 e. The fourth-order valence-corrected chi connectivity index (χ4v) is 3.20. The molecule has 32 heavy (non-hydrogen) atoms. The Hall–Kier alpha value is -3.38. The molecule has 1 aliphatic heterocycles. The Morgan fingerprint density at radius 2 is 1.72 bits per heavy atom. The number of aromatic nitrogens is 2. The van der Waals surface area contributed by atoms with Crippen molar-refractivity contribution in [3.8, 4) is 0 Å². The lowest BCUT2D eigenvalue weighted by molar-refractivity contribution is -0.215. The van der Waals surface area contributed by atoms with Crippen LogP contribution in [-0.2, 0) is 16.5 Å². The first-order chi connectivity index (χ1) is 14.6. The van der Waals surface area contributed by atoms with Crippen LogP contribution < -0.4 is 11.1 Å². The molecule has 1 aliphatic rings. The maximum absolute atomic E-state index is 15.2. The number of anilines is 1. The van der Waals surface area contributed by atoms with Crippen LogP contribution in [0.25, 0.3) is 0 Å². The van der Waals surface area contributed by atoms with Gasteiger partial charge in [0.05, 0.1) is 5.56 Å². The normalized spacial score (nSPS) is 22.0. The number of carbonyl (C=O) groups is 1. The minimum Gasteiger partial charge on any atom is -0.448 e. The molecular weight excluding hydrogens is 444 g/mol. The molecule has 1 aromatic carbocycles. The van der Waals surface area contributed by atoms with Gasteiger partial charge in [0.2, 0.25) is 11.4 Å². The molecule has 1 amide bonds. The molecule has 0 saturated heterocycles. The van der Waals surface area contributed by atoms with E-state index in [0.717, 1.165) is 39.0 Å². The van der Waals surface area contributed by atoms with Crippen LogP contribution in [0.1, 0.15) is 42.5 Å². The van der Waals surface area contributed by atoms with E-state index in [-0.39, 0.29) is 5.69 Å². The van der Waals surface area contributed by atoms with Crippen molar-refractivity contribution in [2.45, 2.75) is 44.0 Å². The highest BCUT2D eigenvalue weighted by atomic mass is 19.4. The van der Waals surface area contributed by atoms with Gasteiger partial charge in [0.25, 0.3) is 11.9 Å². The lowest BCUT2D eigenvalue weighted by atomic mass is 9.78. The average molecular weight is 461 g/mol. The highest BCUT2D eigenvalue weighted by Gasteiger charge is 2.66. The molecule has 1 atom stereocenters. The first-order valence-electron chi connectivity index (χ1n) is 9.01. The summed E-state index contributed by atoms with van der Waals surface area (Å²) in [5.74, 6) is -6.46. The van der Waals surface area contributed by atoms with E-state index in [9.17, 15) is 22.4 Å². The molecule has 7 nitrogen and oxygen atoms in total. The van der Waals surface area contributed by atoms with E-state index < -0.39 is 57.9 Å². The van der Waals surface area contributed by atoms with Crippen LogP contribution >= 0.6 is 0 Å². The van der Waals surface area contributed by atoms with Crippen molar-refractivity contribution < 1.29 is 35.9 Å². The van der Waals surface area contributed by atoms with Gasteiger partial charge in [-0.05, 0) is 39.0 Å². The third-order valence-electron chi connectivity index (χ3n) is 4.99. The summed E-state index contributed by atoms with van der Waals surface area (Å²) < 4.78 is 87.9. The number of rotatable bonds is 3. The van der Waals surface area contributed by atoms with Gasteiger partial charge >= 0.3 is 12.1 Å². The van der Waals surface area contributed by atoms with Gasteiger partial charge in [-0.3, -0.25) is 4.79 Å². The van der Waals surface area contributed by atoms with Gasteiger partial charge in [0, 0.05) is 23.6 Å². The van der Waals surface area contributed by atoms with E-state index >= 15 is 8.78 Å². The maximum atomic E-state index is 15.2. The summed E-state index contributed by atoms with van der Waals surface area (Å²) in [6.07, 6.45) is -3.86. The first-order valence-corrected chi connectivity index (χ1v) is 9.01. The number of amides is 1. The molecule has 0 aliphatic carbocycles. The van der Waals surface area contributed by atoms with Crippen molar-refractivity contribution in [2.75, 3.05) is 5.32 Å². The molecule has 2 aromatic rings. The lowest BCUT2D eigenvalue weighted by Crippen LogP contribution is -2.62. The van der Waals surface area contributed by atoms with Crippen molar-refractivity contribution in [3.05, 3.63) is 53.4 Å². The minimum absolute atomic E-state index is 0.158. The minimum atomic E-state index is -4.69. The van der Waals surface area contributed by atoms with Crippen LogP contribution in [0.5, 0.6) is 0 Å². The van der Waals surface area contributed by atoms with E-state index in [1.54, 1.807) is 0 Å². The van der Waals surface area contributed by atoms with E-state index in [0.29, 0.717) is 12.4 Å². The molecule has 0 saturated carbocycles. The Morgan fingerprint density at radius 3 is 2.28 bits per heavy atom. The zero-order valence-electron chi connectivity index (χ0n) is 16.9. The Kier molecular flexibility index (Phi) is 5.35. The van der Waals surface area contributed by atoms with Crippen LogP contribution in [0.3, 0.4) is 0 Å². The van der Waals surface area contributed by atoms with Crippen LogP contribution in [0.15, 0.2) is 35.6 Å². The third kappa shape index (κ3) is 3.82. The summed E-state index contributed by atoms with van der Waals surface area (Å²) in [5.41, 5.74) is -1.03. The third-order valence-corrected chi connectivity index (χ3v) is 4.99. The molecule has 0 spiro atoms. The highest BCUT2D eigenvalue weighted by Crippen LogP contribution is 2.51. The molecular formula is C19H17F6N5O2. The largest absolute Gasteiger partial charge is 0.448 e. The standard InChI is InChI=1S/C19H17F6N5O2/c1-16(2)19(24,25)17(3,32-15(26)30-16)11-6-10(4-5-12(11)20)29-14(31)13-27-7-9(8-28-13)18(21,22)23/h4-8H,1-3H3,(H2,26,30)(H,29,31)/t17-/m1/s1. The van der Waals surface area contributed by atoms with Crippen molar-refractivity contribution in [1.82, 2.24) is 9.97 Å². The quantitative estimate of drug-likeness (QED) is 0.676. The molecule has 0 unspecified atom stereocenters. The van der Waals surface area contributed by atoms with Crippen molar-refractivity contribution in [1.29, 1.82) is 0 Å². The first kappa shape index (κ1) is 23.3. The number of benzene rings is 1. The van der Waals surface area contributed by atoms with Gasteiger partial charge in [-0.2, -0.15) is 22.0 Å². The van der Waals surface area contributed by atoms with Gasteiger partial charge in [0.15, 0.2) is 0 Å². The average Bonchev–Trinajstić information content (AvgIpc) is 2.67. The van der Waals surface area contributed by atoms with Crippen LogP contribution in [0.4, 0.5) is 32.0 Å². The van der Waals surface area contributed by atoms with Crippen LogP contribution in [-0.4, -0.2) is 33.4 Å². The number of carbonyl (C=O) groups excluding carboxylic acids is 1. The van der Waals surface area contributed by atoms with Gasteiger partial charge in [0.1, 0.15) is 11.4 Å². The lowest BCUT2D eigenvalue weighted by Gasteiger charge is -2.47. The predicted octanol–water partition coefficient (Wildman–Crippen LogP) is 3.86.